The van der Waals surface area contributed by atoms with Crippen LogP contribution in [0.1, 0.15) is 6.42 Å². The summed E-state index contributed by atoms with van der Waals surface area (Å²) >= 11 is 0. The lowest BCUT2D eigenvalue weighted by Gasteiger charge is -1.95. The van der Waals surface area contributed by atoms with E-state index in [1.807, 2.05) is 0 Å². The van der Waals surface area contributed by atoms with Crippen molar-refractivity contribution in [3.63, 3.8) is 0 Å². The molecule has 0 bridgehead atoms. The van der Waals surface area contributed by atoms with Crippen LogP contribution in [0.3, 0.4) is 0 Å². The normalized spacial score (nSPS) is 11.4. The summed E-state index contributed by atoms with van der Waals surface area (Å²) in [4.78, 5) is 13.5. The van der Waals surface area contributed by atoms with Gasteiger partial charge in [0.25, 0.3) is 0 Å². The molecule has 0 aromatic carbocycles. The summed E-state index contributed by atoms with van der Waals surface area (Å²) in [6.45, 7) is 0. The lowest BCUT2D eigenvalue weighted by molar-refractivity contribution is -0.136. The highest BCUT2D eigenvalue weighted by atomic mass is 32.2. The molecule has 0 aliphatic carbocycles. The van der Waals surface area contributed by atoms with Gasteiger partial charge in [-0.15, -0.1) is 0 Å². The van der Waals surface area contributed by atoms with Crippen LogP contribution >= 0.6 is 0 Å². The maximum Gasteiger partial charge on any atom is 0.304 e. The SMILES string of the molecule is O=C(O)CCS(=O)(=O)c1ncn[nH]1. The molecule has 0 aliphatic rings. The number of nitrogens with one attached hydrogen (secondary N) is 1. The van der Waals surface area contributed by atoms with Gasteiger partial charge in [0, 0.05) is 0 Å². The van der Waals surface area contributed by atoms with E-state index in [0.29, 0.717) is 0 Å². The third-order valence-electron chi connectivity index (χ3n) is 1.27. The summed E-state index contributed by atoms with van der Waals surface area (Å²) in [5.74, 6) is -1.64. The second-order valence-electron chi connectivity index (χ2n) is 2.25. The molecule has 1 aromatic heterocycles. The molecule has 0 unspecified atom stereocenters. The molecule has 7 nitrogen and oxygen atoms in total. The topological polar surface area (TPSA) is 113 Å². The van der Waals surface area contributed by atoms with E-state index < -0.39 is 28.0 Å². The minimum Gasteiger partial charge on any atom is -0.481 e. The lowest BCUT2D eigenvalue weighted by Crippen LogP contribution is -2.12. The number of sulfone groups is 1. The summed E-state index contributed by atoms with van der Waals surface area (Å²) in [6.07, 6.45) is 0.608. The molecule has 13 heavy (non-hydrogen) atoms. The molecule has 0 spiro atoms. The second-order valence-corrected chi connectivity index (χ2v) is 4.28. The van der Waals surface area contributed by atoms with Gasteiger partial charge in [-0.2, -0.15) is 5.10 Å². The van der Waals surface area contributed by atoms with E-state index in [9.17, 15) is 13.2 Å². The first-order valence-corrected chi connectivity index (χ1v) is 4.97. The van der Waals surface area contributed by atoms with Gasteiger partial charge < -0.3 is 5.11 Å². The summed E-state index contributed by atoms with van der Waals surface area (Å²) in [5.41, 5.74) is 0. The fourth-order valence-electron chi connectivity index (χ4n) is 0.662. The van der Waals surface area contributed by atoms with Crippen LogP contribution in [0.15, 0.2) is 11.5 Å². The van der Waals surface area contributed by atoms with Crippen LogP contribution in [-0.4, -0.2) is 40.4 Å². The van der Waals surface area contributed by atoms with E-state index in [-0.39, 0.29) is 5.16 Å². The van der Waals surface area contributed by atoms with Crippen molar-refractivity contribution in [2.45, 2.75) is 11.6 Å². The van der Waals surface area contributed by atoms with Gasteiger partial charge in [-0.3, -0.25) is 9.89 Å². The van der Waals surface area contributed by atoms with Crippen molar-refractivity contribution >= 4 is 15.8 Å². The fourth-order valence-corrected chi connectivity index (χ4v) is 1.70. The van der Waals surface area contributed by atoms with E-state index in [0.717, 1.165) is 6.33 Å². The van der Waals surface area contributed by atoms with Gasteiger partial charge in [0.15, 0.2) is 0 Å². The van der Waals surface area contributed by atoms with Crippen LogP contribution < -0.4 is 0 Å². The highest BCUT2D eigenvalue weighted by molar-refractivity contribution is 7.91. The molecular weight excluding hydrogens is 198 g/mol. The van der Waals surface area contributed by atoms with Crippen LogP contribution in [0.25, 0.3) is 0 Å². The lowest BCUT2D eigenvalue weighted by atomic mass is 10.5. The number of rotatable bonds is 4. The quantitative estimate of drug-likeness (QED) is 0.655. The second kappa shape index (κ2) is 3.52. The van der Waals surface area contributed by atoms with Crippen LogP contribution in [0.5, 0.6) is 0 Å². The number of H-pyrrole nitrogens is 1. The fraction of sp³-hybridized carbons (Fsp3) is 0.400. The Morgan fingerprint density at radius 1 is 1.62 bits per heavy atom. The summed E-state index contributed by atoms with van der Waals surface area (Å²) < 4.78 is 22.4. The first-order chi connectivity index (χ1) is 6.02. The summed E-state index contributed by atoms with van der Waals surface area (Å²) in [7, 11) is -3.62. The van der Waals surface area contributed by atoms with Crippen LogP contribution in [-0.2, 0) is 14.6 Å². The summed E-state index contributed by atoms with van der Waals surface area (Å²) in [5, 5.41) is 13.5. The van der Waals surface area contributed by atoms with E-state index in [1.54, 1.807) is 0 Å². The molecular formula is C5H7N3O4S. The molecule has 8 heteroatoms. The van der Waals surface area contributed by atoms with E-state index in [4.69, 9.17) is 5.11 Å². The Kier molecular flexibility index (Phi) is 2.61. The number of hydrogen-bond donors (Lipinski definition) is 2. The number of carboxylic acid groups (broad SMARTS) is 1. The Morgan fingerprint density at radius 3 is 2.77 bits per heavy atom. The number of aliphatic carboxylic acids is 1. The molecule has 0 amide bonds. The van der Waals surface area contributed by atoms with Crippen LogP contribution in [0.2, 0.25) is 0 Å². The Hall–Kier alpha value is -1.44. The van der Waals surface area contributed by atoms with Gasteiger partial charge in [-0.1, -0.05) is 0 Å². The largest absolute Gasteiger partial charge is 0.481 e. The van der Waals surface area contributed by atoms with E-state index >= 15 is 0 Å². The maximum atomic E-state index is 11.2. The summed E-state index contributed by atoms with van der Waals surface area (Å²) in [6, 6.07) is 0. The highest BCUT2D eigenvalue weighted by Crippen LogP contribution is 2.03. The maximum absolute atomic E-state index is 11.2. The van der Waals surface area contributed by atoms with Crippen LogP contribution in [0.4, 0.5) is 0 Å². The third-order valence-corrected chi connectivity index (χ3v) is 2.80. The number of aromatic amines is 1. The van der Waals surface area contributed by atoms with Gasteiger partial charge in [0.1, 0.15) is 6.33 Å². The van der Waals surface area contributed by atoms with Gasteiger partial charge >= 0.3 is 5.97 Å². The zero-order valence-corrected chi connectivity index (χ0v) is 7.28. The van der Waals surface area contributed by atoms with Crippen molar-refractivity contribution in [1.82, 2.24) is 15.2 Å². The Labute approximate surface area is 73.7 Å². The van der Waals surface area contributed by atoms with Crippen molar-refractivity contribution in [2.24, 2.45) is 0 Å². The first kappa shape index (κ1) is 9.65. The molecule has 72 valence electrons. The third kappa shape index (κ3) is 2.51. The van der Waals surface area contributed by atoms with Crippen LogP contribution in [0, 0.1) is 0 Å². The molecule has 0 aliphatic heterocycles. The van der Waals surface area contributed by atoms with Crippen molar-refractivity contribution in [2.75, 3.05) is 5.75 Å². The Morgan fingerprint density at radius 2 is 2.31 bits per heavy atom. The molecule has 1 aromatic rings. The minimum atomic E-state index is -3.62. The molecule has 0 atom stereocenters. The van der Waals surface area contributed by atoms with Crippen molar-refractivity contribution < 1.29 is 18.3 Å². The number of hydrogen-bond acceptors (Lipinski definition) is 5. The first-order valence-electron chi connectivity index (χ1n) is 3.32. The molecule has 0 saturated heterocycles. The van der Waals surface area contributed by atoms with Crippen molar-refractivity contribution in [3.8, 4) is 0 Å². The molecule has 0 saturated carbocycles. The Bertz CT molecular complexity index is 382. The number of carboxylic acids is 1. The molecule has 1 heterocycles. The van der Waals surface area contributed by atoms with Crippen molar-refractivity contribution in [3.05, 3.63) is 6.33 Å². The highest BCUT2D eigenvalue weighted by Gasteiger charge is 2.18. The average Bonchev–Trinajstić information content (AvgIpc) is 2.53. The molecule has 1 rings (SSSR count). The van der Waals surface area contributed by atoms with E-state index in [2.05, 4.69) is 15.2 Å². The Balaban J connectivity index is 2.74. The standard InChI is InChI=1S/C5H7N3O4S/c9-4(10)1-2-13(11,12)5-6-3-7-8-5/h3H,1-2H2,(H,9,10)(H,6,7,8). The molecule has 2 N–H and O–H groups in total. The molecule has 0 radical (unpaired) electrons. The average molecular weight is 205 g/mol. The molecule has 0 fully saturated rings. The van der Waals surface area contributed by atoms with Crippen molar-refractivity contribution in [1.29, 1.82) is 0 Å². The van der Waals surface area contributed by atoms with Gasteiger partial charge in [-0.25, -0.2) is 13.4 Å². The van der Waals surface area contributed by atoms with Gasteiger partial charge in [0.2, 0.25) is 15.0 Å². The predicted molar refractivity (Wildman–Crippen MR) is 40.7 cm³/mol. The predicted octanol–water partition coefficient (Wildman–Crippen LogP) is -0.947. The number of nitrogens with zero attached hydrogens (tertiary/aromatic N) is 2. The van der Waals surface area contributed by atoms with Gasteiger partial charge in [-0.05, 0) is 0 Å². The smallest absolute Gasteiger partial charge is 0.304 e. The zero-order valence-electron chi connectivity index (χ0n) is 6.47. The van der Waals surface area contributed by atoms with E-state index in [1.165, 1.54) is 0 Å². The monoisotopic (exact) mass is 205 g/mol. The minimum absolute atomic E-state index is 0.297. The number of carbonyl (C=O) groups is 1. The zero-order chi connectivity index (χ0) is 9.90. The van der Waals surface area contributed by atoms with Gasteiger partial charge in [0.05, 0.1) is 12.2 Å². The number of aromatic nitrogens is 3.